The molecule has 0 unspecified atom stereocenters. The number of methoxy groups -OCH3 is 1. The summed E-state index contributed by atoms with van der Waals surface area (Å²) >= 11 is 0. The Labute approximate surface area is 188 Å². The van der Waals surface area contributed by atoms with Gasteiger partial charge in [-0.3, -0.25) is 9.44 Å². The lowest BCUT2D eigenvalue weighted by atomic mass is 10.2. The van der Waals surface area contributed by atoms with Gasteiger partial charge >= 0.3 is 0 Å². The molecule has 32 heavy (non-hydrogen) atoms. The van der Waals surface area contributed by atoms with Crippen molar-refractivity contribution in [1.82, 2.24) is 0 Å². The number of aryl methyl sites for hydroxylation is 1. The molecule has 10 heteroatoms. The summed E-state index contributed by atoms with van der Waals surface area (Å²) in [6, 6.07) is 16.6. The van der Waals surface area contributed by atoms with Crippen LogP contribution in [-0.2, 0) is 20.0 Å². The molecular formula is C22H24N2O6S2. The molecule has 0 aliphatic heterocycles. The molecule has 0 radical (unpaired) electrons. The van der Waals surface area contributed by atoms with Crippen molar-refractivity contribution in [2.24, 2.45) is 0 Å². The molecule has 170 valence electrons. The fourth-order valence-electron chi connectivity index (χ4n) is 2.90. The largest absolute Gasteiger partial charge is 0.495 e. The average molecular weight is 477 g/mol. The summed E-state index contributed by atoms with van der Waals surface area (Å²) in [7, 11) is -6.30. The normalized spacial score (nSPS) is 11.6. The van der Waals surface area contributed by atoms with Crippen LogP contribution in [0.1, 0.15) is 12.5 Å². The van der Waals surface area contributed by atoms with E-state index in [4.69, 9.17) is 9.47 Å². The van der Waals surface area contributed by atoms with E-state index in [2.05, 4.69) is 9.44 Å². The smallest absolute Gasteiger partial charge is 0.262 e. The summed E-state index contributed by atoms with van der Waals surface area (Å²) in [6.07, 6.45) is 0. The predicted molar refractivity (Wildman–Crippen MR) is 123 cm³/mol. The second-order valence-electron chi connectivity index (χ2n) is 6.84. The SMILES string of the molecule is CCOc1ccc(S(=O)(=O)Nc2ccc(S(=O)(=O)Nc3cc(C)ccc3OC)cc2)cc1. The highest BCUT2D eigenvalue weighted by molar-refractivity contribution is 7.93. The van der Waals surface area contributed by atoms with E-state index in [0.717, 1.165) is 5.56 Å². The number of ether oxygens (including phenoxy) is 2. The van der Waals surface area contributed by atoms with Crippen molar-refractivity contribution >= 4 is 31.4 Å². The molecule has 0 spiro atoms. The second-order valence-corrected chi connectivity index (χ2v) is 10.2. The van der Waals surface area contributed by atoms with Gasteiger partial charge in [-0.25, -0.2) is 16.8 Å². The number of rotatable bonds is 9. The van der Waals surface area contributed by atoms with E-state index >= 15 is 0 Å². The summed E-state index contributed by atoms with van der Waals surface area (Å²) in [5.74, 6) is 0.956. The molecule has 0 aliphatic carbocycles. The molecule has 0 bridgehead atoms. The van der Waals surface area contributed by atoms with E-state index in [-0.39, 0.29) is 15.5 Å². The molecule has 2 N–H and O–H groups in total. The maximum Gasteiger partial charge on any atom is 0.262 e. The average Bonchev–Trinajstić information content (AvgIpc) is 2.74. The van der Waals surface area contributed by atoms with E-state index in [9.17, 15) is 16.8 Å². The van der Waals surface area contributed by atoms with Crippen LogP contribution in [0.2, 0.25) is 0 Å². The first-order chi connectivity index (χ1) is 15.1. The van der Waals surface area contributed by atoms with Crippen molar-refractivity contribution in [2.45, 2.75) is 23.6 Å². The first kappa shape index (κ1) is 23.4. The van der Waals surface area contributed by atoms with Gasteiger partial charge in [-0.05, 0) is 80.1 Å². The standard InChI is InChI=1S/C22H24N2O6S2/c1-4-30-18-8-12-20(13-9-18)31(25,26)23-17-6-10-19(11-7-17)32(27,28)24-21-15-16(2)5-14-22(21)29-3/h5-15,23-24H,4H2,1-3H3. The molecule has 0 fully saturated rings. The lowest BCUT2D eigenvalue weighted by molar-refractivity contribution is 0.340. The molecule has 0 aromatic heterocycles. The zero-order valence-corrected chi connectivity index (χ0v) is 19.5. The lowest BCUT2D eigenvalue weighted by Gasteiger charge is -2.13. The second kappa shape index (κ2) is 9.49. The monoisotopic (exact) mass is 476 g/mol. The highest BCUT2D eigenvalue weighted by Crippen LogP contribution is 2.28. The minimum absolute atomic E-state index is 0.0231. The van der Waals surface area contributed by atoms with Gasteiger partial charge in [0, 0.05) is 5.69 Å². The van der Waals surface area contributed by atoms with Crippen LogP contribution in [0.4, 0.5) is 11.4 Å². The van der Waals surface area contributed by atoms with Crippen LogP contribution in [0.5, 0.6) is 11.5 Å². The van der Waals surface area contributed by atoms with Gasteiger partial charge in [-0.1, -0.05) is 6.07 Å². The Morgan fingerprint density at radius 2 is 1.34 bits per heavy atom. The van der Waals surface area contributed by atoms with Crippen LogP contribution < -0.4 is 18.9 Å². The summed E-state index contributed by atoms with van der Waals surface area (Å²) in [5, 5.41) is 0. The molecule has 3 aromatic rings. The van der Waals surface area contributed by atoms with Gasteiger partial charge in [-0.2, -0.15) is 0 Å². The van der Waals surface area contributed by atoms with Gasteiger partial charge in [0.15, 0.2) is 0 Å². The molecule has 0 aliphatic rings. The lowest BCUT2D eigenvalue weighted by Crippen LogP contribution is -2.15. The van der Waals surface area contributed by atoms with Crippen molar-refractivity contribution in [3.8, 4) is 11.5 Å². The van der Waals surface area contributed by atoms with Gasteiger partial charge in [0.2, 0.25) is 0 Å². The predicted octanol–water partition coefficient (Wildman–Crippen LogP) is 4.00. The van der Waals surface area contributed by atoms with Crippen LogP contribution in [-0.4, -0.2) is 30.6 Å². The van der Waals surface area contributed by atoms with Gasteiger partial charge in [0.05, 0.1) is 29.2 Å². The summed E-state index contributed by atoms with van der Waals surface area (Å²) in [5.41, 5.74) is 1.40. The summed E-state index contributed by atoms with van der Waals surface area (Å²) in [4.78, 5) is 0.0379. The first-order valence-corrected chi connectivity index (χ1v) is 12.6. The van der Waals surface area contributed by atoms with E-state index in [1.54, 1.807) is 24.3 Å². The Morgan fingerprint density at radius 1 is 0.781 bits per heavy atom. The minimum atomic E-state index is -3.91. The Morgan fingerprint density at radius 3 is 1.91 bits per heavy atom. The number of benzene rings is 3. The molecule has 0 saturated carbocycles. The van der Waals surface area contributed by atoms with Gasteiger partial charge in [-0.15, -0.1) is 0 Å². The van der Waals surface area contributed by atoms with E-state index in [1.165, 1.54) is 43.5 Å². The topological polar surface area (TPSA) is 111 Å². The number of anilines is 2. The zero-order chi connectivity index (χ0) is 23.4. The molecule has 8 nitrogen and oxygen atoms in total. The van der Waals surface area contributed by atoms with Crippen molar-refractivity contribution in [1.29, 1.82) is 0 Å². The minimum Gasteiger partial charge on any atom is -0.495 e. The van der Waals surface area contributed by atoms with Crippen molar-refractivity contribution in [3.63, 3.8) is 0 Å². The third kappa shape index (κ3) is 5.51. The first-order valence-electron chi connectivity index (χ1n) is 9.68. The highest BCUT2D eigenvalue weighted by atomic mass is 32.2. The fourth-order valence-corrected chi connectivity index (χ4v) is 5.02. The number of nitrogens with one attached hydrogen (secondary N) is 2. The van der Waals surface area contributed by atoms with Crippen LogP contribution in [0.25, 0.3) is 0 Å². The molecule has 0 atom stereocenters. The van der Waals surface area contributed by atoms with Crippen molar-refractivity contribution < 1.29 is 26.3 Å². The van der Waals surface area contributed by atoms with E-state index < -0.39 is 20.0 Å². The summed E-state index contributed by atoms with van der Waals surface area (Å²) in [6.45, 7) is 4.15. The van der Waals surface area contributed by atoms with Crippen LogP contribution >= 0.6 is 0 Å². The molecule has 3 rings (SSSR count). The molecule has 0 heterocycles. The number of hydrogen-bond donors (Lipinski definition) is 2. The number of sulfonamides is 2. The highest BCUT2D eigenvalue weighted by Gasteiger charge is 2.18. The van der Waals surface area contributed by atoms with Crippen molar-refractivity contribution in [3.05, 3.63) is 72.3 Å². The Balaban J connectivity index is 1.77. The maximum absolute atomic E-state index is 12.8. The Kier molecular flexibility index (Phi) is 6.95. The number of hydrogen-bond acceptors (Lipinski definition) is 6. The Bertz CT molecular complexity index is 1290. The fraction of sp³-hybridized carbons (Fsp3) is 0.182. The molecule has 0 saturated heterocycles. The van der Waals surface area contributed by atoms with Crippen LogP contribution in [0, 0.1) is 6.92 Å². The quantitative estimate of drug-likeness (QED) is 0.483. The van der Waals surface area contributed by atoms with Gasteiger partial charge < -0.3 is 9.47 Å². The van der Waals surface area contributed by atoms with Gasteiger partial charge in [0.25, 0.3) is 20.0 Å². The maximum atomic E-state index is 12.8. The molecule has 0 amide bonds. The Hall–Kier alpha value is -3.24. The van der Waals surface area contributed by atoms with E-state index in [1.807, 2.05) is 19.9 Å². The van der Waals surface area contributed by atoms with Crippen molar-refractivity contribution in [2.75, 3.05) is 23.2 Å². The molecule has 3 aromatic carbocycles. The zero-order valence-electron chi connectivity index (χ0n) is 17.8. The summed E-state index contributed by atoms with van der Waals surface area (Å²) < 4.78 is 66.2. The van der Waals surface area contributed by atoms with Crippen LogP contribution in [0.15, 0.2) is 76.5 Å². The van der Waals surface area contributed by atoms with Gasteiger partial charge in [0.1, 0.15) is 11.5 Å². The molecular weight excluding hydrogens is 452 g/mol. The third-order valence-corrected chi connectivity index (χ3v) is 7.24. The van der Waals surface area contributed by atoms with Crippen LogP contribution in [0.3, 0.4) is 0 Å². The van der Waals surface area contributed by atoms with E-state index in [0.29, 0.717) is 23.8 Å². The third-order valence-electron chi connectivity index (χ3n) is 4.46.